The van der Waals surface area contributed by atoms with E-state index >= 15 is 0 Å². The van der Waals surface area contributed by atoms with Crippen LogP contribution in [0.1, 0.15) is 59.3 Å². The lowest BCUT2D eigenvalue weighted by Crippen LogP contribution is -2.40. The Labute approximate surface area is 161 Å². The second-order valence-electron chi connectivity index (χ2n) is 10.5. The third-order valence-electron chi connectivity index (χ3n) is 7.01. The molecule has 6 atom stereocenters. The fourth-order valence-electron chi connectivity index (χ4n) is 6.03. The van der Waals surface area contributed by atoms with Crippen LogP contribution in [0.2, 0.25) is 19.6 Å². The van der Waals surface area contributed by atoms with Crippen molar-refractivity contribution in [3.05, 3.63) is 12.2 Å². The first-order chi connectivity index (χ1) is 12.0. The van der Waals surface area contributed by atoms with Crippen LogP contribution in [-0.4, -0.2) is 32.4 Å². The van der Waals surface area contributed by atoms with Gasteiger partial charge in [0.25, 0.3) is 0 Å². The highest BCUT2D eigenvalue weighted by Gasteiger charge is 2.52. The molecular weight excluding hydrogens is 340 g/mol. The van der Waals surface area contributed by atoms with E-state index < -0.39 is 8.32 Å². The van der Waals surface area contributed by atoms with Gasteiger partial charge in [-0.2, -0.15) is 0 Å². The van der Waals surface area contributed by atoms with Gasteiger partial charge in [-0.3, -0.25) is 4.79 Å². The van der Waals surface area contributed by atoms with Gasteiger partial charge in [0.2, 0.25) is 0 Å². The molecule has 0 radical (unpaired) electrons. The minimum absolute atomic E-state index is 0.164. The quantitative estimate of drug-likeness (QED) is 0.461. The smallest absolute Gasteiger partial charge is 0.184 e. The Morgan fingerprint density at radius 3 is 2.69 bits per heavy atom. The summed E-state index contributed by atoms with van der Waals surface area (Å²) in [5.41, 5.74) is 0.0394. The molecule has 0 N–H and O–H groups in total. The second kappa shape index (κ2) is 7.18. The molecule has 4 heteroatoms. The zero-order valence-corrected chi connectivity index (χ0v) is 18.6. The summed E-state index contributed by atoms with van der Waals surface area (Å²) in [4.78, 5) is 12.4. The summed E-state index contributed by atoms with van der Waals surface area (Å²) in [6.07, 6.45) is 10.9. The first kappa shape index (κ1) is 20.3. The molecule has 2 saturated carbocycles. The summed E-state index contributed by atoms with van der Waals surface area (Å²) in [6.45, 7) is 14.4. The molecule has 0 bridgehead atoms. The Morgan fingerprint density at radius 2 is 2.00 bits per heavy atom. The molecule has 3 rings (SSSR count). The van der Waals surface area contributed by atoms with Gasteiger partial charge < -0.3 is 9.16 Å². The van der Waals surface area contributed by atoms with Gasteiger partial charge in [0.1, 0.15) is 5.78 Å². The van der Waals surface area contributed by atoms with E-state index in [1.54, 1.807) is 0 Å². The van der Waals surface area contributed by atoms with Gasteiger partial charge in [-0.25, -0.2) is 0 Å². The number of hydrogen-bond acceptors (Lipinski definition) is 3. The molecule has 1 unspecified atom stereocenters. The Bertz CT molecular complexity index is 566. The summed E-state index contributed by atoms with van der Waals surface area (Å²) in [7, 11) is -1.56. The van der Waals surface area contributed by atoms with Crippen LogP contribution in [0.4, 0.5) is 0 Å². The molecule has 2 fully saturated rings. The summed E-state index contributed by atoms with van der Waals surface area (Å²) >= 11 is 0. The van der Waals surface area contributed by atoms with Gasteiger partial charge in [-0.05, 0) is 69.5 Å². The van der Waals surface area contributed by atoms with Crippen LogP contribution in [-0.2, 0) is 14.0 Å². The van der Waals surface area contributed by atoms with Crippen LogP contribution >= 0.6 is 0 Å². The van der Waals surface area contributed by atoms with Crippen LogP contribution in [0, 0.1) is 23.2 Å². The van der Waals surface area contributed by atoms with Crippen molar-refractivity contribution in [2.75, 3.05) is 6.61 Å². The van der Waals surface area contributed by atoms with E-state index in [4.69, 9.17) is 9.16 Å². The Kier molecular flexibility index (Phi) is 5.60. The van der Waals surface area contributed by atoms with Gasteiger partial charge in [0.05, 0.1) is 18.3 Å². The highest BCUT2D eigenvalue weighted by molar-refractivity contribution is 6.69. The predicted octanol–water partition coefficient (Wildman–Crippen LogP) is 5.36. The Hall–Kier alpha value is -0.453. The molecule has 0 aromatic heterocycles. The molecule has 0 aliphatic heterocycles. The van der Waals surface area contributed by atoms with Crippen LogP contribution in [0.15, 0.2) is 12.2 Å². The van der Waals surface area contributed by atoms with Crippen molar-refractivity contribution in [3.8, 4) is 0 Å². The number of carbonyl (C=O) groups is 1. The number of ether oxygens (including phenoxy) is 1. The van der Waals surface area contributed by atoms with E-state index in [-0.39, 0.29) is 17.1 Å². The number of hydrogen-bond donors (Lipinski definition) is 0. The van der Waals surface area contributed by atoms with E-state index in [0.717, 1.165) is 32.3 Å². The molecule has 3 aliphatic carbocycles. The molecule has 0 saturated heterocycles. The average molecular weight is 379 g/mol. The maximum atomic E-state index is 12.4. The maximum Gasteiger partial charge on any atom is 0.184 e. The molecule has 0 amide bonds. The van der Waals surface area contributed by atoms with Crippen molar-refractivity contribution in [3.63, 3.8) is 0 Å². The lowest BCUT2D eigenvalue weighted by Gasteiger charge is -2.42. The molecule has 0 heterocycles. The highest BCUT2D eigenvalue weighted by atomic mass is 28.4. The zero-order chi connectivity index (χ0) is 19.2. The van der Waals surface area contributed by atoms with Crippen LogP contribution in [0.25, 0.3) is 0 Å². The number of fused-ring (bicyclic) bond motifs is 1. The fourth-order valence-corrected chi connectivity index (χ4v) is 7.58. The van der Waals surface area contributed by atoms with Crippen molar-refractivity contribution in [2.24, 2.45) is 23.2 Å². The minimum atomic E-state index is -1.56. The summed E-state index contributed by atoms with van der Waals surface area (Å²) in [5, 5.41) is 0. The van der Waals surface area contributed by atoms with Crippen molar-refractivity contribution in [1.29, 1.82) is 0 Å². The normalized spacial score (nSPS) is 41.5. The van der Waals surface area contributed by atoms with Crippen LogP contribution < -0.4 is 0 Å². The van der Waals surface area contributed by atoms with Crippen molar-refractivity contribution in [2.45, 2.75) is 90.6 Å². The largest absolute Gasteiger partial charge is 0.409 e. The van der Waals surface area contributed by atoms with Gasteiger partial charge in [0, 0.05) is 18.8 Å². The summed E-state index contributed by atoms with van der Waals surface area (Å²) in [5.74, 6) is 1.96. The highest BCUT2D eigenvalue weighted by Crippen LogP contribution is 2.56. The maximum absolute atomic E-state index is 12.4. The minimum Gasteiger partial charge on any atom is -0.409 e. The van der Waals surface area contributed by atoms with Crippen molar-refractivity contribution < 1.29 is 14.0 Å². The van der Waals surface area contributed by atoms with Gasteiger partial charge >= 0.3 is 0 Å². The molecule has 3 aliphatic rings. The van der Waals surface area contributed by atoms with Gasteiger partial charge in [-0.1, -0.05) is 26.0 Å². The third kappa shape index (κ3) is 4.17. The Balaban J connectivity index is 1.53. The molecule has 0 aromatic rings. The van der Waals surface area contributed by atoms with E-state index in [1.807, 2.05) is 0 Å². The fraction of sp³-hybridized carbons (Fsp3) is 0.864. The molecule has 3 nitrogen and oxygen atoms in total. The standard InChI is InChI=1S/C22H38O3Si/c1-16(18-9-10-19-20(23)8-7-12-22(18,19)3)15-24-17-11-13-21(2,14-17)25-26(4,5)6/h11,13,16-19H,7-10,12,14-15H2,1-6H3/t16-,17+,18+,19?,21-,22+/m0/s1. The van der Waals surface area contributed by atoms with E-state index in [1.165, 1.54) is 12.8 Å². The third-order valence-corrected chi connectivity index (χ3v) is 8.08. The van der Waals surface area contributed by atoms with Crippen molar-refractivity contribution in [1.82, 2.24) is 0 Å². The number of carbonyl (C=O) groups excluding carboxylic acids is 1. The molecular formula is C22H38O3Si. The summed E-state index contributed by atoms with van der Waals surface area (Å²) in [6, 6.07) is 0. The first-order valence-corrected chi connectivity index (χ1v) is 14.0. The lowest BCUT2D eigenvalue weighted by molar-refractivity contribution is -0.130. The molecule has 148 valence electrons. The first-order valence-electron chi connectivity index (χ1n) is 10.6. The van der Waals surface area contributed by atoms with E-state index in [2.05, 4.69) is 52.6 Å². The van der Waals surface area contributed by atoms with Crippen LogP contribution in [0.3, 0.4) is 0 Å². The van der Waals surface area contributed by atoms with Crippen LogP contribution in [0.5, 0.6) is 0 Å². The SMILES string of the molecule is C[C@@H](CO[C@@H]1C=C[C@](C)(O[Si](C)(C)C)C1)[C@H]1CCC2C(=O)CCC[C@@]21C. The molecule has 0 spiro atoms. The van der Waals surface area contributed by atoms with Gasteiger partial charge in [0.15, 0.2) is 8.32 Å². The van der Waals surface area contributed by atoms with Crippen molar-refractivity contribution >= 4 is 14.1 Å². The Morgan fingerprint density at radius 1 is 1.27 bits per heavy atom. The molecule has 0 aromatic carbocycles. The monoisotopic (exact) mass is 378 g/mol. The number of Topliss-reactive ketones (excluding diaryl/α,β-unsaturated/α-hetero) is 1. The lowest BCUT2D eigenvalue weighted by atomic mass is 9.62. The average Bonchev–Trinajstić information content (AvgIpc) is 3.04. The van der Waals surface area contributed by atoms with E-state index in [0.29, 0.717) is 23.5 Å². The zero-order valence-electron chi connectivity index (χ0n) is 17.6. The molecule has 26 heavy (non-hydrogen) atoms. The second-order valence-corrected chi connectivity index (χ2v) is 14.9. The topological polar surface area (TPSA) is 35.5 Å². The summed E-state index contributed by atoms with van der Waals surface area (Å²) < 4.78 is 12.7. The number of ketones is 1. The predicted molar refractivity (Wildman–Crippen MR) is 109 cm³/mol. The van der Waals surface area contributed by atoms with E-state index in [9.17, 15) is 4.79 Å². The number of rotatable bonds is 6. The van der Waals surface area contributed by atoms with Gasteiger partial charge in [-0.15, -0.1) is 0 Å².